The van der Waals surface area contributed by atoms with Crippen molar-refractivity contribution in [1.82, 2.24) is 9.97 Å². The number of hydrogen-bond acceptors (Lipinski definition) is 4. The van der Waals surface area contributed by atoms with Gasteiger partial charge in [-0.1, -0.05) is 6.07 Å². The Kier molecular flexibility index (Phi) is 3.17. The van der Waals surface area contributed by atoms with Gasteiger partial charge in [0.1, 0.15) is 18.2 Å². The predicted molar refractivity (Wildman–Crippen MR) is 70.0 cm³/mol. The molecule has 7 heteroatoms. The second kappa shape index (κ2) is 4.86. The smallest absolute Gasteiger partial charge is 0.224 e. The molecule has 1 atom stereocenters. The van der Waals surface area contributed by atoms with Crippen LogP contribution >= 0.6 is 11.6 Å². The van der Waals surface area contributed by atoms with Crippen LogP contribution in [0, 0.1) is 11.6 Å². The fourth-order valence-electron chi connectivity index (χ4n) is 2.19. The van der Waals surface area contributed by atoms with Gasteiger partial charge in [-0.25, -0.2) is 13.8 Å². The Hall–Kier alpha value is -1.95. The van der Waals surface area contributed by atoms with Gasteiger partial charge in [-0.2, -0.15) is 4.98 Å². The number of likely N-dealkylation sites (N-methyl/N-ethyl adjacent to an activating group) is 1. The van der Waals surface area contributed by atoms with E-state index >= 15 is 0 Å². The molecule has 0 aliphatic carbocycles. The van der Waals surface area contributed by atoms with Gasteiger partial charge in [0.15, 0.2) is 11.6 Å². The zero-order valence-corrected chi connectivity index (χ0v) is 11.2. The van der Waals surface area contributed by atoms with Crippen LogP contribution in [0.2, 0.25) is 5.28 Å². The molecule has 3 rings (SSSR count). The molecule has 0 bridgehead atoms. The predicted octanol–water partition coefficient (Wildman–Crippen LogP) is 2.98. The lowest BCUT2D eigenvalue weighted by molar-refractivity contribution is 0.262. The van der Waals surface area contributed by atoms with E-state index in [1.165, 1.54) is 18.3 Å². The van der Waals surface area contributed by atoms with Crippen molar-refractivity contribution in [2.24, 2.45) is 0 Å². The molecule has 1 aliphatic rings. The Morgan fingerprint density at radius 2 is 2.20 bits per heavy atom. The van der Waals surface area contributed by atoms with Gasteiger partial charge in [-0.05, 0) is 17.7 Å². The summed E-state index contributed by atoms with van der Waals surface area (Å²) >= 11 is 5.76. The van der Waals surface area contributed by atoms with E-state index in [0.717, 1.165) is 6.07 Å². The summed E-state index contributed by atoms with van der Waals surface area (Å²) in [6.45, 7) is 0.219. The van der Waals surface area contributed by atoms with Gasteiger partial charge in [0.25, 0.3) is 0 Å². The van der Waals surface area contributed by atoms with Crippen LogP contribution in [0.25, 0.3) is 0 Å². The number of nitrogens with zero attached hydrogens (tertiary/aromatic N) is 3. The lowest BCUT2D eigenvalue weighted by Gasteiger charge is -2.34. The Bertz CT molecular complexity index is 668. The third-order valence-electron chi connectivity index (χ3n) is 3.23. The van der Waals surface area contributed by atoms with E-state index < -0.39 is 17.7 Å². The van der Waals surface area contributed by atoms with Gasteiger partial charge in [0.05, 0.1) is 12.2 Å². The number of halogens is 3. The van der Waals surface area contributed by atoms with Crippen molar-refractivity contribution >= 4 is 17.4 Å². The number of aromatic nitrogens is 2. The molecule has 4 nitrogen and oxygen atoms in total. The van der Waals surface area contributed by atoms with Crippen LogP contribution in [0.4, 0.5) is 14.6 Å². The van der Waals surface area contributed by atoms with Gasteiger partial charge in [0, 0.05) is 18.7 Å². The van der Waals surface area contributed by atoms with Crippen molar-refractivity contribution in [3.05, 3.63) is 46.9 Å². The van der Waals surface area contributed by atoms with Gasteiger partial charge < -0.3 is 9.64 Å². The molecular weight excluding hydrogens is 288 g/mol. The summed E-state index contributed by atoms with van der Waals surface area (Å²) in [5.41, 5.74) is 0.342. The molecule has 1 aliphatic heterocycles. The summed E-state index contributed by atoms with van der Waals surface area (Å²) in [4.78, 5) is 9.65. The molecule has 0 amide bonds. The fourth-order valence-corrected chi connectivity index (χ4v) is 2.32. The minimum atomic E-state index is -0.617. The highest BCUT2D eigenvalue weighted by Gasteiger charge is 2.29. The maximum atomic E-state index is 13.9. The second-order valence-corrected chi connectivity index (χ2v) is 4.77. The van der Waals surface area contributed by atoms with Gasteiger partial charge >= 0.3 is 0 Å². The molecule has 2 aromatic rings. The number of ether oxygens (including phenoxy) is 1. The summed E-state index contributed by atoms with van der Waals surface area (Å²) in [6.07, 6.45) is 1.47. The molecule has 20 heavy (non-hydrogen) atoms. The number of fused-ring (bicyclic) bond motifs is 1. The molecule has 1 unspecified atom stereocenters. The van der Waals surface area contributed by atoms with E-state index in [4.69, 9.17) is 16.3 Å². The van der Waals surface area contributed by atoms with Crippen molar-refractivity contribution in [1.29, 1.82) is 0 Å². The van der Waals surface area contributed by atoms with E-state index in [9.17, 15) is 8.78 Å². The fraction of sp³-hybridized carbons (Fsp3) is 0.231. The van der Waals surface area contributed by atoms with Crippen LogP contribution in [0.5, 0.6) is 5.75 Å². The van der Waals surface area contributed by atoms with Crippen molar-refractivity contribution in [2.45, 2.75) is 6.04 Å². The highest BCUT2D eigenvalue weighted by atomic mass is 35.5. The molecule has 0 fully saturated rings. The van der Waals surface area contributed by atoms with E-state index in [1.54, 1.807) is 11.9 Å². The van der Waals surface area contributed by atoms with E-state index in [-0.39, 0.29) is 11.9 Å². The first-order chi connectivity index (χ1) is 9.56. The first kappa shape index (κ1) is 13.1. The summed E-state index contributed by atoms with van der Waals surface area (Å²) in [5, 5.41) is 0.0828. The Morgan fingerprint density at radius 1 is 1.40 bits per heavy atom. The first-order valence-electron chi connectivity index (χ1n) is 5.89. The average Bonchev–Trinajstić information content (AvgIpc) is 2.41. The molecular formula is C13H10ClF2N3O. The van der Waals surface area contributed by atoms with Crippen LogP contribution in [-0.4, -0.2) is 23.6 Å². The number of anilines is 1. The van der Waals surface area contributed by atoms with Crippen LogP contribution in [0.15, 0.2) is 24.4 Å². The summed E-state index contributed by atoms with van der Waals surface area (Å²) in [7, 11) is 1.75. The third-order valence-corrected chi connectivity index (χ3v) is 3.41. The summed E-state index contributed by atoms with van der Waals surface area (Å²) < 4.78 is 32.4. The van der Waals surface area contributed by atoms with Crippen LogP contribution in [-0.2, 0) is 0 Å². The molecule has 0 spiro atoms. The van der Waals surface area contributed by atoms with Gasteiger partial charge in [-0.15, -0.1) is 0 Å². The zero-order chi connectivity index (χ0) is 14.3. The highest BCUT2D eigenvalue weighted by Crippen LogP contribution is 2.37. The molecule has 104 valence electrons. The van der Waals surface area contributed by atoms with Gasteiger partial charge in [-0.3, -0.25) is 0 Å². The van der Waals surface area contributed by atoms with Gasteiger partial charge in [0.2, 0.25) is 5.28 Å². The molecule has 0 radical (unpaired) electrons. The second-order valence-electron chi connectivity index (χ2n) is 4.43. The van der Waals surface area contributed by atoms with Crippen LogP contribution < -0.4 is 9.64 Å². The number of rotatable bonds is 1. The molecule has 1 aromatic carbocycles. The topological polar surface area (TPSA) is 38.2 Å². The average molecular weight is 298 g/mol. The third kappa shape index (κ3) is 2.16. The molecule has 0 N–H and O–H groups in total. The summed E-state index contributed by atoms with van der Waals surface area (Å²) in [6, 6.07) is 3.07. The SMILES string of the molecule is CN1c2nc(Cl)ncc2OCC1c1ccc(F)cc1F. The van der Waals surface area contributed by atoms with Crippen molar-refractivity contribution in [3.63, 3.8) is 0 Å². The largest absolute Gasteiger partial charge is 0.486 e. The lowest BCUT2D eigenvalue weighted by Crippen LogP contribution is -2.34. The van der Waals surface area contributed by atoms with Crippen molar-refractivity contribution < 1.29 is 13.5 Å². The van der Waals surface area contributed by atoms with E-state index in [2.05, 4.69) is 9.97 Å². The van der Waals surface area contributed by atoms with Crippen LogP contribution in [0.3, 0.4) is 0 Å². The Morgan fingerprint density at radius 3 is 2.95 bits per heavy atom. The Balaban J connectivity index is 2.01. The zero-order valence-electron chi connectivity index (χ0n) is 10.5. The molecule has 0 saturated heterocycles. The number of benzene rings is 1. The quantitative estimate of drug-likeness (QED) is 0.759. The highest BCUT2D eigenvalue weighted by molar-refractivity contribution is 6.28. The van der Waals surface area contributed by atoms with E-state index in [0.29, 0.717) is 17.1 Å². The molecule has 0 saturated carbocycles. The lowest BCUT2D eigenvalue weighted by atomic mass is 10.0. The van der Waals surface area contributed by atoms with Crippen molar-refractivity contribution in [3.8, 4) is 5.75 Å². The standard InChI is InChI=1S/C13H10ClF2N3O/c1-19-10(8-3-2-7(15)4-9(8)16)6-20-11-5-17-13(14)18-12(11)19/h2-5,10H,6H2,1H3. The monoisotopic (exact) mass is 297 g/mol. The maximum Gasteiger partial charge on any atom is 0.224 e. The van der Waals surface area contributed by atoms with E-state index in [1.807, 2.05) is 0 Å². The first-order valence-corrected chi connectivity index (χ1v) is 6.27. The van der Waals surface area contributed by atoms with Crippen LogP contribution in [0.1, 0.15) is 11.6 Å². The summed E-state index contributed by atoms with van der Waals surface area (Å²) in [5.74, 6) is -0.272. The molecule has 1 aromatic heterocycles. The number of hydrogen-bond donors (Lipinski definition) is 0. The minimum Gasteiger partial charge on any atom is -0.486 e. The van der Waals surface area contributed by atoms with Crippen molar-refractivity contribution in [2.75, 3.05) is 18.6 Å². The molecule has 2 heterocycles. The maximum absolute atomic E-state index is 13.9. The Labute approximate surface area is 119 Å². The normalized spacial score (nSPS) is 17.6. The minimum absolute atomic E-state index is 0.0828.